The van der Waals surface area contributed by atoms with E-state index in [0.717, 1.165) is 34.1 Å². The molecule has 28 heavy (non-hydrogen) atoms. The second-order valence-corrected chi connectivity index (χ2v) is 6.78. The van der Waals surface area contributed by atoms with Crippen molar-refractivity contribution >= 4 is 17.2 Å². The van der Waals surface area contributed by atoms with E-state index in [0.29, 0.717) is 17.3 Å². The van der Waals surface area contributed by atoms with E-state index in [9.17, 15) is 0 Å². The lowest BCUT2D eigenvalue weighted by Gasteiger charge is -2.04. The van der Waals surface area contributed by atoms with Crippen molar-refractivity contribution in [3.63, 3.8) is 0 Å². The normalized spacial score (nSPS) is 11.2. The van der Waals surface area contributed by atoms with E-state index in [1.165, 1.54) is 0 Å². The molecule has 7 heteroatoms. The first kappa shape index (κ1) is 16.6. The second kappa shape index (κ2) is 6.90. The number of rotatable bonds is 4. The van der Waals surface area contributed by atoms with Crippen molar-refractivity contribution in [1.29, 1.82) is 0 Å². The van der Waals surface area contributed by atoms with Gasteiger partial charge in [0, 0.05) is 23.0 Å². The molecule has 0 aliphatic carbocycles. The molecule has 0 aliphatic heterocycles. The number of fused-ring (bicyclic) bond motifs is 1. The number of hydrogen-bond donors (Lipinski definition) is 1. The van der Waals surface area contributed by atoms with E-state index in [1.807, 2.05) is 66.9 Å². The van der Waals surface area contributed by atoms with Gasteiger partial charge in [0.15, 0.2) is 5.82 Å². The maximum atomic E-state index is 6.05. The third kappa shape index (κ3) is 3.04. The van der Waals surface area contributed by atoms with Crippen LogP contribution < -0.4 is 0 Å². The summed E-state index contributed by atoms with van der Waals surface area (Å²) in [6, 6.07) is 19.3. The Hall–Kier alpha value is -3.51. The summed E-state index contributed by atoms with van der Waals surface area (Å²) < 4.78 is 2.08. The highest BCUT2D eigenvalue weighted by atomic mass is 35.5. The molecule has 1 N–H and O–H groups in total. The van der Waals surface area contributed by atoms with Gasteiger partial charge in [-0.3, -0.25) is 10.1 Å². The molecule has 5 rings (SSSR count). The summed E-state index contributed by atoms with van der Waals surface area (Å²) in [7, 11) is 0. The van der Waals surface area contributed by atoms with Gasteiger partial charge < -0.3 is 4.40 Å². The Bertz CT molecular complexity index is 1240. The molecular weight excluding hydrogens is 372 g/mol. The number of nitrogens with zero attached hydrogens (tertiary/aromatic N) is 5. The largest absolute Gasteiger partial charge is 0.303 e. The van der Waals surface area contributed by atoms with Gasteiger partial charge in [-0.2, -0.15) is 5.10 Å². The molecule has 5 aromatic rings. The molecule has 1 aromatic carbocycles. The van der Waals surface area contributed by atoms with Crippen LogP contribution in [-0.2, 0) is 6.42 Å². The summed E-state index contributed by atoms with van der Waals surface area (Å²) in [5.74, 6) is 1.33. The SMILES string of the molecule is Clc1ccc(-c2nc3ccccn3c2Cc2nc(-c3ccccn3)n[nH]2)cc1. The minimum absolute atomic E-state index is 0.559. The van der Waals surface area contributed by atoms with Gasteiger partial charge in [-0.05, 0) is 36.4 Å². The molecule has 0 saturated heterocycles. The van der Waals surface area contributed by atoms with Crippen LogP contribution in [0, 0.1) is 0 Å². The van der Waals surface area contributed by atoms with Crippen LogP contribution in [0.25, 0.3) is 28.4 Å². The topological polar surface area (TPSA) is 71.8 Å². The number of aromatic nitrogens is 6. The smallest absolute Gasteiger partial charge is 0.199 e. The molecule has 4 aromatic heterocycles. The van der Waals surface area contributed by atoms with Gasteiger partial charge in [-0.1, -0.05) is 35.9 Å². The second-order valence-electron chi connectivity index (χ2n) is 6.34. The quantitative estimate of drug-likeness (QED) is 0.496. The maximum Gasteiger partial charge on any atom is 0.199 e. The third-order valence-electron chi connectivity index (χ3n) is 4.51. The molecule has 0 saturated carbocycles. The van der Waals surface area contributed by atoms with Gasteiger partial charge in [0.2, 0.25) is 0 Å². The number of nitrogens with one attached hydrogen (secondary N) is 1. The summed E-state index contributed by atoms with van der Waals surface area (Å²) in [6.07, 6.45) is 4.30. The van der Waals surface area contributed by atoms with Crippen LogP contribution in [0.4, 0.5) is 0 Å². The van der Waals surface area contributed by atoms with Crippen LogP contribution in [-0.4, -0.2) is 29.5 Å². The molecule has 0 bridgehead atoms. The van der Waals surface area contributed by atoms with Crippen LogP contribution in [0.5, 0.6) is 0 Å². The van der Waals surface area contributed by atoms with Crippen LogP contribution in [0.2, 0.25) is 5.02 Å². The fourth-order valence-corrected chi connectivity index (χ4v) is 3.32. The van der Waals surface area contributed by atoms with E-state index in [2.05, 4.69) is 24.6 Å². The zero-order valence-electron chi connectivity index (χ0n) is 14.7. The Kier molecular flexibility index (Phi) is 4.10. The highest BCUT2D eigenvalue weighted by Gasteiger charge is 2.16. The highest BCUT2D eigenvalue weighted by Crippen LogP contribution is 2.27. The molecule has 0 atom stereocenters. The van der Waals surface area contributed by atoms with E-state index in [-0.39, 0.29) is 0 Å². The molecular formula is C21H15ClN6. The standard InChI is InChI=1S/C21H15ClN6/c22-15-9-7-14(8-10-15)20-17(28-12-4-2-6-19(28)25-20)13-18-24-21(27-26-18)16-5-1-3-11-23-16/h1-12H,13H2,(H,24,26,27). The number of halogens is 1. The van der Waals surface area contributed by atoms with Crippen molar-refractivity contribution in [1.82, 2.24) is 29.5 Å². The Balaban J connectivity index is 1.58. The minimum Gasteiger partial charge on any atom is -0.303 e. The number of aromatic amines is 1. The number of H-pyrrole nitrogens is 1. The van der Waals surface area contributed by atoms with Gasteiger partial charge in [-0.25, -0.2) is 9.97 Å². The first-order chi connectivity index (χ1) is 13.8. The van der Waals surface area contributed by atoms with E-state index < -0.39 is 0 Å². The highest BCUT2D eigenvalue weighted by molar-refractivity contribution is 6.30. The van der Waals surface area contributed by atoms with Crippen molar-refractivity contribution < 1.29 is 0 Å². The Morgan fingerprint density at radius 3 is 2.61 bits per heavy atom. The Morgan fingerprint density at radius 1 is 0.929 bits per heavy atom. The molecule has 0 amide bonds. The molecule has 4 heterocycles. The lowest BCUT2D eigenvalue weighted by molar-refractivity contribution is 0.928. The van der Waals surface area contributed by atoms with Crippen LogP contribution in [0.15, 0.2) is 73.1 Å². The van der Waals surface area contributed by atoms with Gasteiger partial charge in [0.1, 0.15) is 17.2 Å². The fourth-order valence-electron chi connectivity index (χ4n) is 3.20. The summed E-state index contributed by atoms with van der Waals surface area (Å²) in [4.78, 5) is 13.7. The monoisotopic (exact) mass is 386 g/mol. The van der Waals surface area contributed by atoms with Crippen molar-refractivity contribution in [2.24, 2.45) is 0 Å². The lowest BCUT2D eigenvalue weighted by atomic mass is 10.1. The number of benzene rings is 1. The maximum absolute atomic E-state index is 6.05. The van der Waals surface area contributed by atoms with Gasteiger partial charge in [0.25, 0.3) is 0 Å². The summed E-state index contributed by atoms with van der Waals surface area (Å²) in [6.45, 7) is 0. The van der Waals surface area contributed by atoms with Crippen LogP contribution in [0.3, 0.4) is 0 Å². The predicted molar refractivity (Wildman–Crippen MR) is 108 cm³/mol. The molecule has 0 spiro atoms. The zero-order valence-corrected chi connectivity index (χ0v) is 15.5. The van der Waals surface area contributed by atoms with Gasteiger partial charge in [0.05, 0.1) is 17.8 Å². The van der Waals surface area contributed by atoms with Gasteiger partial charge in [-0.15, -0.1) is 0 Å². The molecule has 0 aliphatic rings. The summed E-state index contributed by atoms with van der Waals surface area (Å²) >= 11 is 6.05. The van der Waals surface area contributed by atoms with E-state index in [1.54, 1.807) is 6.20 Å². The zero-order chi connectivity index (χ0) is 18.9. The van der Waals surface area contributed by atoms with Crippen molar-refractivity contribution in [2.45, 2.75) is 6.42 Å². The minimum atomic E-state index is 0.559. The van der Waals surface area contributed by atoms with Crippen LogP contribution >= 0.6 is 11.6 Å². The summed E-state index contributed by atoms with van der Waals surface area (Å²) in [5.41, 5.74) is 4.56. The molecule has 0 radical (unpaired) electrons. The lowest BCUT2D eigenvalue weighted by Crippen LogP contribution is -1.98. The first-order valence-corrected chi connectivity index (χ1v) is 9.20. The van der Waals surface area contributed by atoms with Crippen LogP contribution in [0.1, 0.15) is 11.5 Å². The van der Waals surface area contributed by atoms with Gasteiger partial charge >= 0.3 is 0 Å². The average Bonchev–Trinajstić information content (AvgIpc) is 3.35. The third-order valence-corrected chi connectivity index (χ3v) is 4.76. The first-order valence-electron chi connectivity index (χ1n) is 8.82. The molecule has 0 fully saturated rings. The van der Waals surface area contributed by atoms with E-state index >= 15 is 0 Å². The molecule has 0 unspecified atom stereocenters. The molecule has 136 valence electrons. The number of hydrogen-bond acceptors (Lipinski definition) is 4. The van der Waals surface area contributed by atoms with Crippen molar-refractivity contribution in [3.05, 3.63) is 89.6 Å². The Labute approximate surface area is 165 Å². The molecule has 6 nitrogen and oxygen atoms in total. The summed E-state index contributed by atoms with van der Waals surface area (Å²) in [5, 5.41) is 8.05. The van der Waals surface area contributed by atoms with Crippen molar-refractivity contribution in [2.75, 3.05) is 0 Å². The van der Waals surface area contributed by atoms with Crippen molar-refractivity contribution in [3.8, 4) is 22.8 Å². The number of pyridine rings is 2. The predicted octanol–water partition coefficient (Wildman–Crippen LogP) is 4.43. The van der Waals surface area contributed by atoms with E-state index in [4.69, 9.17) is 16.6 Å². The average molecular weight is 387 g/mol. The number of imidazole rings is 1. The Morgan fingerprint density at radius 2 is 1.79 bits per heavy atom. The fraction of sp³-hybridized carbons (Fsp3) is 0.0476.